The predicted octanol–water partition coefficient (Wildman–Crippen LogP) is 2.24. The Hall–Kier alpha value is -1.07. The van der Waals surface area contributed by atoms with Crippen molar-refractivity contribution in [3.63, 3.8) is 0 Å². The lowest BCUT2D eigenvalue weighted by Gasteiger charge is -2.19. The highest BCUT2D eigenvalue weighted by Gasteiger charge is 2.23. The Labute approximate surface area is 95.4 Å². The Morgan fingerprint density at radius 2 is 1.94 bits per heavy atom. The van der Waals surface area contributed by atoms with Crippen molar-refractivity contribution < 1.29 is 18.7 Å². The number of hydrogen-bond acceptors (Lipinski definition) is 3. The molecule has 0 radical (unpaired) electrons. The maximum Gasteiger partial charge on any atom is 0.710 e. The summed E-state index contributed by atoms with van der Waals surface area (Å²) < 4.78 is 23.1. The standard InChI is InChI=1S/C11H16BFO3/c1-11(2,3)8-15-12(14)16-10-7-5-4-6-9(10)13/h4-7,14H,8H2,1-3H3. The molecule has 0 aliphatic carbocycles. The molecule has 1 aromatic carbocycles. The molecule has 1 N–H and O–H groups in total. The lowest BCUT2D eigenvalue weighted by molar-refractivity contribution is 0.130. The van der Waals surface area contributed by atoms with Crippen LogP contribution in [-0.4, -0.2) is 19.0 Å². The first-order valence-corrected chi connectivity index (χ1v) is 5.09. The van der Waals surface area contributed by atoms with Gasteiger partial charge in [-0.3, -0.25) is 0 Å². The van der Waals surface area contributed by atoms with Crippen LogP contribution in [0.1, 0.15) is 20.8 Å². The lowest BCUT2D eigenvalue weighted by atomic mass is 9.98. The topological polar surface area (TPSA) is 38.7 Å². The second-order valence-corrected chi connectivity index (χ2v) is 4.73. The van der Waals surface area contributed by atoms with Crippen molar-refractivity contribution >= 4 is 7.32 Å². The Kier molecular flexibility index (Phi) is 4.32. The van der Waals surface area contributed by atoms with Gasteiger partial charge < -0.3 is 14.3 Å². The van der Waals surface area contributed by atoms with Gasteiger partial charge in [0.25, 0.3) is 0 Å². The summed E-state index contributed by atoms with van der Waals surface area (Å²) in [6.07, 6.45) is 0. The van der Waals surface area contributed by atoms with Gasteiger partial charge in [0.05, 0.1) is 0 Å². The number of halogens is 1. The molecule has 0 aromatic heterocycles. The van der Waals surface area contributed by atoms with Crippen LogP contribution in [0.5, 0.6) is 5.75 Å². The summed E-state index contributed by atoms with van der Waals surface area (Å²) in [6.45, 7) is 6.21. The second-order valence-electron chi connectivity index (χ2n) is 4.73. The number of benzene rings is 1. The van der Waals surface area contributed by atoms with Crippen molar-refractivity contribution in [2.75, 3.05) is 6.61 Å². The van der Waals surface area contributed by atoms with Crippen LogP contribution in [0.4, 0.5) is 4.39 Å². The van der Waals surface area contributed by atoms with E-state index in [4.69, 9.17) is 9.31 Å². The van der Waals surface area contributed by atoms with E-state index in [1.807, 2.05) is 20.8 Å². The summed E-state index contributed by atoms with van der Waals surface area (Å²) in [7, 11) is -1.45. The minimum Gasteiger partial charge on any atom is -0.509 e. The molecule has 0 aliphatic rings. The molecular formula is C11H16BFO3. The van der Waals surface area contributed by atoms with Crippen molar-refractivity contribution in [2.45, 2.75) is 20.8 Å². The van der Waals surface area contributed by atoms with Gasteiger partial charge in [0.2, 0.25) is 0 Å². The quantitative estimate of drug-likeness (QED) is 0.800. The van der Waals surface area contributed by atoms with Crippen LogP contribution in [0.2, 0.25) is 0 Å². The van der Waals surface area contributed by atoms with Gasteiger partial charge in [-0.25, -0.2) is 4.39 Å². The Bertz CT molecular complexity index is 338. The average molecular weight is 226 g/mol. The fourth-order valence-corrected chi connectivity index (χ4v) is 1.00. The molecule has 1 rings (SSSR count). The van der Waals surface area contributed by atoms with Gasteiger partial charge >= 0.3 is 7.32 Å². The number of para-hydroxylation sites is 1. The first kappa shape index (κ1) is 13.0. The smallest absolute Gasteiger partial charge is 0.509 e. The second kappa shape index (κ2) is 5.32. The summed E-state index contributed by atoms with van der Waals surface area (Å²) in [4.78, 5) is 0. The molecule has 16 heavy (non-hydrogen) atoms. The van der Waals surface area contributed by atoms with Crippen LogP contribution in [0.3, 0.4) is 0 Å². The molecule has 1 aromatic rings. The molecular weight excluding hydrogens is 210 g/mol. The average Bonchev–Trinajstić information content (AvgIpc) is 2.18. The third-order valence-electron chi connectivity index (χ3n) is 1.72. The molecule has 0 fully saturated rings. The van der Waals surface area contributed by atoms with E-state index >= 15 is 0 Å². The fraction of sp³-hybridized carbons (Fsp3) is 0.455. The Morgan fingerprint density at radius 3 is 2.50 bits per heavy atom. The SMILES string of the molecule is CC(C)(C)COB(O)Oc1ccccc1F. The number of rotatable bonds is 4. The molecule has 0 atom stereocenters. The van der Waals surface area contributed by atoms with Gasteiger partial charge in [-0.05, 0) is 17.5 Å². The van der Waals surface area contributed by atoms with Gasteiger partial charge in [-0.1, -0.05) is 32.9 Å². The molecule has 5 heteroatoms. The third kappa shape index (κ3) is 4.64. The summed E-state index contributed by atoms with van der Waals surface area (Å²) in [5.41, 5.74) is -0.0838. The largest absolute Gasteiger partial charge is 0.710 e. The molecule has 3 nitrogen and oxygen atoms in total. The van der Waals surface area contributed by atoms with Crippen molar-refractivity contribution in [2.24, 2.45) is 5.41 Å². The zero-order valence-electron chi connectivity index (χ0n) is 9.74. The lowest BCUT2D eigenvalue weighted by Crippen LogP contribution is -2.30. The van der Waals surface area contributed by atoms with Crippen LogP contribution < -0.4 is 4.65 Å². The first-order valence-electron chi connectivity index (χ1n) is 5.09. The van der Waals surface area contributed by atoms with E-state index in [1.54, 1.807) is 12.1 Å². The van der Waals surface area contributed by atoms with Gasteiger partial charge in [0, 0.05) is 6.61 Å². The van der Waals surface area contributed by atoms with Gasteiger partial charge in [-0.2, -0.15) is 0 Å². The Balaban J connectivity index is 2.46. The summed E-state index contributed by atoms with van der Waals surface area (Å²) in [5, 5.41) is 9.38. The molecule has 0 spiro atoms. The monoisotopic (exact) mass is 226 g/mol. The highest BCUT2D eigenvalue weighted by molar-refractivity contribution is 6.35. The van der Waals surface area contributed by atoms with E-state index in [0.717, 1.165) is 0 Å². The third-order valence-corrected chi connectivity index (χ3v) is 1.72. The minimum atomic E-state index is -1.45. The number of hydrogen-bond donors (Lipinski definition) is 1. The van der Waals surface area contributed by atoms with E-state index in [2.05, 4.69) is 0 Å². The maximum atomic E-state index is 13.1. The molecule has 0 saturated carbocycles. The molecule has 0 amide bonds. The molecule has 88 valence electrons. The van der Waals surface area contributed by atoms with E-state index < -0.39 is 13.1 Å². The highest BCUT2D eigenvalue weighted by Crippen LogP contribution is 2.17. The maximum absolute atomic E-state index is 13.1. The molecule has 0 unspecified atom stereocenters. The molecule has 0 saturated heterocycles. The van der Waals surface area contributed by atoms with Gasteiger partial charge in [-0.15, -0.1) is 0 Å². The first-order chi connectivity index (χ1) is 7.38. The summed E-state index contributed by atoms with van der Waals surface area (Å²) in [6, 6.07) is 5.85. The van der Waals surface area contributed by atoms with E-state index in [9.17, 15) is 9.41 Å². The van der Waals surface area contributed by atoms with Crippen LogP contribution in [0, 0.1) is 11.2 Å². The predicted molar refractivity (Wildman–Crippen MR) is 60.4 cm³/mol. The van der Waals surface area contributed by atoms with E-state index in [1.165, 1.54) is 12.1 Å². The summed E-state index contributed by atoms with van der Waals surface area (Å²) >= 11 is 0. The zero-order chi connectivity index (χ0) is 12.2. The van der Waals surface area contributed by atoms with Gasteiger partial charge in [0.15, 0.2) is 5.82 Å². The van der Waals surface area contributed by atoms with Crippen molar-refractivity contribution in [3.8, 4) is 5.75 Å². The normalized spacial score (nSPS) is 11.3. The van der Waals surface area contributed by atoms with Crippen LogP contribution in [-0.2, 0) is 4.65 Å². The van der Waals surface area contributed by atoms with E-state index in [-0.39, 0.29) is 11.2 Å². The van der Waals surface area contributed by atoms with Crippen LogP contribution in [0.25, 0.3) is 0 Å². The highest BCUT2D eigenvalue weighted by atomic mass is 19.1. The van der Waals surface area contributed by atoms with Crippen molar-refractivity contribution in [1.29, 1.82) is 0 Å². The van der Waals surface area contributed by atoms with Crippen molar-refractivity contribution in [1.82, 2.24) is 0 Å². The molecule has 0 aliphatic heterocycles. The molecule has 0 bridgehead atoms. The van der Waals surface area contributed by atoms with Crippen molar-refractivity contribution in [3.05, 3.63) is 30.1 Å². The Morgan fingerprint density at radius 1 is 1.31 bits per heavy atom. The van der Waals surface area contributed by atoms with Gasteiger partial charge in [0.1, 0.15) is 5.75 Å². The molecule has 0 heterocycles. The zero-order valence-corrected chi connectivity index (χ0v) is 9.74. The summed E-state index contributed by atoms with van der Waals surface area (Å²) in [5.74, 6) is -0.551. The van der Waals surface area contributed by atoms with E-state index in [0.29, 0.717) is 6.61 Å². The fourth-order valence-electron chi connectivity index (χ4n) is 1.00. The van der Waals surface area contributed by atoms with Crippen LogP contribution >= 0.6 is 0 Å². The van der Waals surface area contributed by atoms with Crippen LogP contribution in [0.15, 0.2) is 24.3 Å². The minimum absolute atomic E-state index is 0.0242.